The molecule has 1 atom stereocenters. The lowest BCUT2D eigenvalue weighted by molar-refractivity contribution is 0.0895. The Hall–Kier alpha value is -1.37. The van der Waals surface area contributed by atoms with Gasteiger partial charge in [0.05, 0.1) is 0 Å². The van der Waals surface area contributed by atoms with E-state index in [4.69, 9.17) is 0 Å². The van der Waals surface area contributed by atoms with Gasteiger partial charge in [0.25, 0.3) is 0 Å². The zero-order chi connectivity index (χ0) is 10.7. The number of carbonyl (C=O) groups is 1. The number of carbonyl (C=O) groups excluding carboxylic acids is 1. The third-order valence-corrected chi connectivity index (χ3v) is 3.14. The molecular weight excluding hydrogens is 184 g/mol. The first-order chi connectivity index (χ1) is 7.33. The number of fused-ring (bicyclic) bond motifs is 1. The largest absolute Gasteiger partial charge is 0.294 e. The summed E-state index contributed by atoms with van der Waals surface area (Å²) in [6.45, 7) is 3.70. The fourth-order valence-electron chi connectivity index (χ4n) is 2.25. The summed E-state index contributed by atoms with van der Waals surface area (Å²) in [7, 11) is 0. The van der Waals surface area contributed by atoms with Crippen LogP contribution in [0, 0.1) is 5.92 Å². The lowest BCUT2D eigenvalue weighted by atomic mass is 9.80. The van der Waals surface area contributed by atoms with E-state index in [-0.39, 0.29) is 5.92 Å². The van der Waals surface area contributed by atoms with Crippen LogP contribution in [-0.4, -0.2) is 5.78 Å². The molecule has 1 aromatic carbocycles. The Morgan fingerprint density at radius 2 is 2.20 bits per heavy atom. The van der Waals surface area contributed by atoms with Gasteiger partial charge >= 0.3 is 0 Å². The van der Waals surface area contributed by atoms with E-state index in [0.29, 0.717) is 5.78 Å². The number of aryl methyl sites for hydroxylation is 1. The fraction of sp³-hybridized carbons (Fsp3) is 0.357. The maximum absolute atomic E-state index is 12.1. The minimum absolute atomic E-state index is 0.220. The van der Waals surface area contributed by atoms with Crippen LogP contribution < -0.4 is 0 Å². The van der Waals surface area contributed by atoms with Crippen LogP contribution in [-0.2, 0) is 6.42 Å². The van der Waals surface area contributed by atoms with E-state index in [9.17, 15) is 4.79 Å². The molecule has 0 amide bonds. The van der Waals surface area contributed by atoms with Gasteiger partial charge in [0.1, 0.15) is 0 Å². The molecule has 0 heterocycles. The first kappa shape index (κ1) is 10.2. The first-order valence-corrected chi connectivity index (χ1v) is 5.56. The van der Waals surface area contributed by atoms with Crippen LogP contribution >= 0.6 is 0 Å². The fourth-order valence-corrected chi connectivity index (χ4v) is 2.25. The molecule has 0 saturated heterocycles. The molecule has 0 spiro atoms. The van der Waals surface area contributed by atoms with Gasteiger partial charge in [0.2, 0.25) is 0 Å². The number of hydrogen-bond acceptors (Lipinski definition) is 1. The average molecular weight is 200 g/mol. The predicted octanol–water partition coefficient (Wildman–Crippen LogP) is 3.40. The number of ketones is 1. The van der Waals surface area contributed by atoms with Gasteiger partial charge in [-0.15, -0.1) is 6.58 Å². The smallest absolute Gasteiger partial charge is 0.166 e. The van der Waals surface area contributed by atoms with E-state index in [1.54, 1.807) is 0 Å². The van der Waals surface area contributed by atoms with Crippen molar-refractivity contribution in [3.05, 3.63) is 48.0 Å². The highest BCUT2D eigenvalue weighted by molar-refractivity contribution is 6.00. The summed E-state index contributed by atoms with van der Waals surface area (Å²) >= 11 is 0. The number of rotatable bonds is 3. The molecule has 0 aromatic heterocycles. The summed E-state index contributed by atoms with van der Waals surface area (Å²) in [5.74, 6) is 0.552. The average Bonchev–Trinajstić information content (AvgIpc) is 2.29. The topological polar surface area (TPSA) is 17.1 Å². The molecule has 1 aliphatic rings. The van der Waals surface area contributed by atoms with Gasteiger partial charge < -0.3 is 0 Å². The van der Waals surface area contributed by atoms with Crippen LogP contribution in [0.1, 0.15) is 35.2 Å². The monoisotopic (exact) mass is 200 g/mol. The van der Waals surface area contributed by atoms with Gasteiger partial charge in [0.15, 0.2) is 5.78 Å². The molecule has 0 fully saturated rings. The van der Waals surface area contributed by atoms with Gasteiger partial charge in [-0.25, -0.2) is 0 Å². The molecule has 0 aliphatic heterocycles. The van der Waals surface area contributed by atoms with Crippen LogP contribution in [0.2, 0.25) is 0 Å². The van der Waals surface area contributed by atoms with Crippen molar-refractivity contribution in [1.29, 1.82) is 0 Å². The zero-order valence-electron chi connectivity index (χ0n) is 8.91. The van der Waals surface area contributed by atoms with E-state index in [1.807, 2.05) is 24.3 Å². The number of Topliss-reactive ketones (excluding diaryl/α,β-unsaturated/α-hetero) is 1. The standard InChI is InChI=1S/C14H16O/c1-2-3-6-12-10-9-11-7-4-5-8-13(11)14(12)15/h2,4-5,7-8,12H,1,3,6,9-10H2. The second-order valence-corrected chi connectivity index (χ2v) is 4.12. The van der Waals surface area contributed by atoms with Gasteiger partial charge in [0, 0.05) is 11.5 Å². The van der Waals surface area contributed by atoms with Crippen LogP contribution in [0.4, 0.5) is 0 Å². The Morgan fingerprint density at radius 1 is 1.40 bits per heavy atom. The zero-order valence-corrected chi connectivity index (χ0v) is 8.91. The van der Waals surface area contributed by atoms with E-state index in [1.165, 1.54) is 5.56 Å². The summed E-state index contributed by atoms with van der Waals surface area (Å²) in [5, 5.41) is 0. The molecule has 0 radical (unpaired) electrons. The number of benzene rings is 1. The summed E-state index contributed by atoms with van der Waals surface area (Å²) in [4.78, 5) is 12.1. The third-order valence-electron chi connectivity index (χ3n) is 3.14. The van der Waals surface area contributed by atoms with Crippen LogP contribution in [0.3, 0.4) is 0 Å². The summed E-state index contributed by atoms with van der Waals surface area (Å²) in [5.41, 5.74) is 2.16. The number of hydrogen-bond donors (Lipinski definition) is 0. The molecular formula is C14H16O. The molecule has 1 nitrogen and oxygen atoms in total. The van der Waals surface area contributed by atoms with E-state index in [2.05, 4.69) is 12.6 Å². The van der Waals surface area contributed by atoms with Crippen molar-refractivity contribution in [3.63, 3.8) is 0 Å². The molecule has 2 rings (SSSR count). The van der Waals surface area contributed by atoms with Crippen molar-refractivity contribution in [2.24, 2.45) is 5.92 Å². The van der Waals surface area contributed by atoms with Crippen LogP contribution in [0.15, 0.2) is 36.9 Å². The maximum Gasteiger partial charge on any atom is 0.166 e. The summed E-state index contributed by atoms with van der Waals surface area (Å²) in [6.07, 6.45) is 5.84. The van der Waals surface area contributed by atoms with E-state index >= 15 is 0 Å². The molecule has 1 unspecified atom stereocenters. The van der Waals surface area contributed by atoms with E-state index < -0.39 is 0 Å². The predicted molar refractivity (Wildman–Crippen MR) is 62.0 cm³/mol. The minimum atomic E-state index is 0.220. The van der Waals surface area contributed by atoms with Crippen molar-refractivity contribution in [2.45, 2.75) is 25.7 Å². The number of allylic oxidation sites excluding steroid dienone is 1. The molecule has 0 N–H and O–H groups in total. The minimum Gasteiger partial charge on any atom is -0.294 e. The molecule has 78 valence electrons. The summed E-state index contributed by atoms with van der Waals surface area (Å²) in [6, 6.07) is 7.98. The first-order valence-electron chi connectivity index (χ1n) is 5.56. The molecule has 0 saturated carbocycles. The normalized spacial score (nSPS) is 19.7. The maximum atomic E-state index is 12.1. The molecule has 0 bridgehead atoms. The Kier molecular flexibility index (Phi) is 3.00. The molecule has 1 aromatic rings. The Labute approximate surface area is 90.8 Å². The highest BCUT2D eigenvalue weighted by Gasteiger charge is 2.25. The lowest BCUT2D eigenvalue weighted by Gasteiger charge is -2.22. The van der Waals surface area contributed by atoms with Gasteiger partial charge in [-0.05, 0) is 31.2 Å². The lowest BCUT2D eigenvalue weighted by Crippen LogP contribution is -2.22. The van der Waals surface area contributed by atoms with Crippen LogP contribution in [0.5, 0.6) is 0 Å². The van der Waals surface area contributed by atoms with Crippen molar-refractivity contribution in [1.82, 2.24) is 0 Å². The van der Waals surface area contributed by atoms with Gasteiger partial charge in [-0.3, -0.25) is 4.79 Å². The van der Waals surface area contributed by atoms with Crippen molar-refractivity contribution in [2.75, 3.05) is 0 Å². The molecule has 1 heteroatoms. The second-order valence-electron chi connectivity index (χ2n) is 4.12. The van der Waals surface area contributed by atoms with Crippen molar-refractivity contribution < 1.29 is 4.79 Å². The molecule has 15 heavy (non-hydrogen) atoms. The van der Waals surface area contributed by atoms with Crippen molar-refractivity contribution in [3.8, 4) is 0 Å². The van der Waals surface area contributed by atoms with E-state index in [0.717, 1.165) is 31.2 Å². The van der Waals surface area contributed by atoms with Gasteiger partial charge in [-0.1, -0.05) is 30.3 Å². The van der Waals surface area contributed by atoms with Crippen molar-refractivity contribution >= 4 is 5.78 Å². The Morgan fingerprint density at radius 3 is 3.00 bits per heavy atom. The Bertz CT molecular complexity index is 379. The quantitative estimate of drug-likeness (QED) is 0.683. The highest BCUT2D eigenvalue weighted by atomic mass is 16.1. The van der Waals surface area contributed by atoms with Gasteiger partial charge in [-0.2, -0.15) is 0 Å². The Balaban J connectivity index is 2.18. The third kappa shape index (κ3) is 2.01. The SMILES string of the molecule is C=CCCC1CCc2ccccc2C1=O. The second kappa shape index (κ2) is 4.43. The molecule has 1 aliphatic carbocycles. The summed E-state index contributed by atoms with van der Waals surface area (Å²) < 4.78 is 0. The highest BCUT2D eigenvalue weighted by Crippen LogP contribution is 2.28. The van der Waals surface area contributed by atoms with Crippen LogP contribution in [0.25, 0.3) is 0 Å².